The van der Waals surface area contributed by atoms with Gasteiger partial charge in [0.1, 0.15) is 12.4 Å². The Labute approximate surface area is 226 Å². The Morgan fingerprint density at radius 3 is 2.30 bits per heavy atom. The van der Waals surface area contributed by atoms with Gasteiger partial charge in [-0.25, -0.2) is 4.39 Å². The van der Waals surface area contributed by atoms with Gasteiger partial charge in [0.05, 0.1) is 21.8 Å². The second kappa shape index (κ2) is 11.4. The van der Waals surface area contributed by atoms with Crippen molar-refractivity contribution in [1.82, 2.24) is 4.90 Å². The summed E-state index contributed by atoms with van der Waals surface area (Å²) in [5, 5.41) is 11.8. The van der Waals surface area contributed by atoms with Crippen molar-refractivity contribution >= 4 is 28.9 Å². The lowest BCUT2D eigenvalue weighted by atomic mass is 9.95. The smallest absolute Gasteiger partial charge is 0.165 e. The molecule has 0 radical (unpaired) electrons. The number of piperazine rings is 1. The van der Waals surface area contributed by atoms with E-state index in [0.717, 1.165) is 22.4 Å². The van der Waals surface area contributed by atoms with Crippen LogP contribution in [-0.4, -0.2) is 36.2 Å². The molecule has 1 aliphatic heterocycles. The molecule has 4 aromatic carbocycles. The molecule has 1 N–H and O–H groups in total. The molecule has 0 aromatic heterocycles. The van der Waals surface area contributed by atoms with Crippen molar-refractivity contribution in [3.8, 4) is 11.5 Å². The monoisotopic (exact) mass is 536 g/mol. The number of anilines is 1. The van der Waals surface area contributed by atoms with Gasteiger partial charge in [-0.1, -0.05) is 83.9 Å². The lowest BCUT2D eigenvalue weighted by Gasteiger charge is -2.41. The number of para-hydroxylation sites is 1. The first kappa shape index (κ1) is 25.4. The Balaban J connectivity index is 1.38. The van der Waals surface area contributed by atoms with Crippen molar-refractivity contribution in [2.45, 2.75) is 12.6 Å². The normalized spacial score (nSPS) is 14.9. The highest BCUT2D eigenvalue weighted by molar-refractivity contribution is 6.43. The fourth-order valence-corrected chi connectivity index (χ4v) is 5.22. The van der Waals surface area contributed by atoms with Crippen molar-refractivity contribution in [2.24, 2.45) is 0 Å². The van der Waals surface area contributed by atoms with Gasteiger partial charge in [0.15, 0.2) is 11.6 Å². The summed E-state index contributed by atoms with van der Waals surface area (Å²) in [6.07, 6.45) is 0. The van der Waals surface area contributed by atoms with Crippen LogP contribution < -0.4 is 9.64 Å². The van der Waals surface area contributed by atoms with Crippen LogP contribution in [0.1, 0.15) is 22.7 Å². The lowest BCUT2D eigenvalue weighted by molar-refractivity contribution is 0.208. The van der Waals surface area contributed by atoms with E-state index < -0.39 is 5.82 Å². The third kappa shape index (κ3) is 5.69. The molecule has 0 bridgehead atoms. The first-order valence-corrected chi connectivity index (χ1v) is 12.9. The Kier molecular flexibility index (Phi) is 7.85. The topological polar surface area (TPSA) is 35.9 Å². The van der Waals surface area contributed by atoms with E-state index in [1.165, 1.54) is 6.07 Å². The Bertz CT molecular complexity index is 1360. The number of rotatable bonds is 7. The molecule has 1 aliphatic rings. The SMILES string of the molecule is Oc1ccccc1C(c1ccc(OCc2ccccc2)c(F)c1)N1CCN(c2cccc(Cl)c2Cl)CC1. The van der Waals surface area contributed by atoms with Crippen molar-refractivity contribution < 1.29 is 14.2 Å². The molecule has 4 aromatic rings. The van der Waals surface area contributed by atoms with Crippen LogP contribution in [0.2, 0.25) is 10.0 Å². The van der Waals surface area contributed by atoms with Gasteiger partial charge in [0.2, 0.25) is 0 Å². The zero-order valence-electron chi connectivity index (χ0n) is 20.2. The molecule has 7 heteroatoms. The third-order valence-electron chi connectivity index (χ3n) is 6.69. The molecule has 4 nitrogen and oxygen atoms in total. The van der Waals surface area contributed by atoms with Crippen LogP contribution >= 0.6 is 23.2 Å². The quantitative estimate of drug-likeness (QED) is 0.268. The van der Waals surface area contributed by atoms with Gasteiger partial charge in [-0.15, -0.1) is 0 Å². The maximum absolute atomic E-state index is 15.2. The summed E-state index contributed by atoms with van der Waals surface area (Å²) >= 11 is 12.7. The number of ether oxygens (including phenoxy) is 1. The molecule has 5 rings (SSSR count). The molecule has 1 heterocycles. The van der Waals surface area contributed by atoms with E-state index >= 15 is 4.39 Å². The maximum Gasteiger partial charge on any atom is 0.165 e. The number of aromatic hydroxyl groups is 1. The second-order valence-corrected chi connectivity index (χ2v) is 9.81. The first-order valence-electron chi connectivity index (χ1n) is 12.2. The molecule has 1 unspecified atom stereocenters. The van der Waals surface area contributed by atoms with Gasteiger partial charge < -0.3 is 14.7 Å². The molecule has 0 aliphatic carbocycles. The average Bonchev–Trinajstić information content (AvgIpc) is 2.92. The predicted molar refractivity (Wildman–Crippen MR) is 147 cm³/mol. The number of hydrogen-bond donors (Lipinski definition) is 1. The predicted octanol–water partition coefficient (Wildman–Crippen LogP) is 7.33. The summed E-state index contributed by atoms with van der Waals surface area (Å²) in [4.78, 5) is 4.46. The highest BCUT2D eigenvalue weighted by Crippen LogP contribution is 2.38. The summed E-state index contributed by atoms with van der Waals surface area (Å²) in [6, 6.07) is 27.3. The zero-order chi connectivity index (χ0) is 25.8. The van der Waals surface area contributed by atoms with Crippen LogP contribution in [0.4, 0.5) is 10.1 Å². The Morgan fingerprint density at radius 2 is 1.57 bits per heavy atom. The molecular formula is C30H27Cl2FN2O2. The average molecular weight is 537 g/mol. The third-order valence-corrected chi connectivity index (χ3v) is 7.50. The van der Waals surface area contributed by atoms with E-state index in [2.05, 4.69) is 9.80 Å². The van der Waals surface area contributed by atoms with Crippen LogP contribution in [0.15, 0.2) is 91.0 Å². The summed E-state index contributed by atoms with van der Waals surface area (Å²) in [6.45, 7) is 3.09. The molecular weight excluding hydrogens is 510 g/mol. The summed E-state index contributed by atoms with van der Waals surface area (Å²) in [7, 11) is 0. The fraction of sp³-hybridized carbons (Fsp3) is 0.200. The van der Waals surface area contributed by atoms with Gasteiger partial charge in [-0.3, -0.25) is 4.90 Å². The Hall–Kier alpha value is -3.25. The minimum Gasteiger partial charge on any atom is -0.508 e. The molecule has 37 heavy (non-hydrogen) atoms. The van der Waals surface area contributed by atoms with Gasteiger partial charge in [-0.2, -0.15) is 0 Å². The van der Waals surface area contributed by atoms with E-state index in [1.807, 2.05) is 60.7 Å². The number of benzene rings is 4. The molecule has 0 saturated carbocycles. The van der Waals surface area contributed by atoms with E-state index in [9.17, 15) is 5.11 Å². The minimum atomic E-state index is -0.432. The maximum atomic E-state index is 15.2. The summed E-state index contributed by atoms with van der Waals surface area (Å²) in [5.41, 5.74) is 3.35. The highest BCUT2D eigenvalue weighted by atomic mass is 35.5. The minimum absolute atomic E-state index is 0.178. The number of halogens is 3. The number of nitrogens with zero attached hydrogens (tertiary/aromatic N) is 2. The van der Waals surface area contributed by atoms with Crippen LogP contribution in [0.3, 0.4) is 0 Å². The number of hydrogen-bond acceptors (Lipinski definition) is 4. The van der Waals surface area contributed by atoms with Crippen LogP contribution in [0.25, 0.3) is 0 Å². The van der Waals surface area contributed by atoms with Crippen molar-refractivity contribution in [2.75, 3.05) is 31.1 Å². The first-order chi connectivity index (χ1) is 18.0. The summed E-state index contributed by atoms with van der Waals surface area (Å²) in [5.74, 6) is -0.0557. The van der Waals surface area contributed by atoms with Gasteiger partial charge in [-0.05, 0) is 41.5 Å². The summed E-state index contributed by atoms with van der Waals surface area (Å²) < 4.78 is 21.0. The van der Waals surface area contributed by atoms with Crippen LogP contribution in [0, 0.1) is 5.82 Å². The van der Waals surface area contributed by atoms with Crippen molar-refractivity contribution in [3.63, 3.8) is 0 Å². The van der Waals surface area contributed by atoms with Gasteiger partial charge in [0, 0.05) is 31.7 Å². The van der Waals surface area contributed by atoms with E-state index in [0.29, 0.717) is 36.2 Å². The fourth-order valence-electron chi connectivity index (χ4n) is 4.80. The van der Waals surface area contributed by atoms with Gasteiger partial charge >= 0.3 is 0 Å². The molecule has 1 saturated heterocycles. The molecule has 0 amide bonds. The Morgan fingerprint density at radius 1 is 0.838 bits per heavy atom. The standard InChI is InChI=1S/C30H27Cl2FN2O2/c31-24-10-6-11-26(29(24)32)34-15-17-35(18-16-34)30(23-9-4-5-12-27(23)36)22-13-14-28(25(33)19-22)37-20-21-7-2-1-3-8-21/h1-14,19,30,36H,15-18,20H2. The number of phenols is 1. The zero-order valence-corrected chi connectivity index (χ0v) is 21.7. The highest BCUT2D eigenvalue weighted by Gasteiger charge is 2.29. The van der Waals surface area contributed by atoms with Crippen LogP contribution in [0.5, 0.6) is 11.5 Å². The van der Waals surface area contributed by atoms with Crippen molar-refractivity contribution in [1.29, 1.82) is 0 Å². The second-order valence-electron chi connectivity index (χ2n) is 9.02. The molecule has 0 spiro atoms. The molecule has 1 fully saturated rings. The largest absolute Gasteiger partial charge is 0.508 e. The number of phenolic OH excluding ortho intramolecular Hbond substituents is 1. The lowest BCUT2D eigenvalue weighted by Crippen LogP contribution is -2.48. The van der Waals surface area contributed by atoms with Crippen molar-refractivity contribution in [3.05, 3.63) is 124 Å². The van der Waals surface area contributed by atoms with Crippen LogP contribution in [-0.2, 0) is 6.61 Å². The molecule has 1 atom stereocenters. The van der Waals surface area contributed by atoms with E-state index in [-0.39, 0.29) is 24.1 Å². The van der Waals surface area contributed by atoms with Gasteiger partial charge in [0.25, 0.3) is 0 Å². The molecule has 190 valence electrons. The van der Waals surface area contributed by atoms with E-state index in [1.54, 1.807) is 24.3 Å². The van der Waals surface area contributed by atoms with E-state index in [4.69, 9.17) is 27.9 Å².